The number of hydrogen-bond donors (Lipinski definition) is 2. The van der Waals surface area contributed by atoms with E-state index in [1.54, 1.807) is 31.2 Å². The molecule has 7 nitrogen and oxygen atoms in total. The SMILES string of the molecule is C[C@@H]1Sc2ccc(S(=O)(=O)N3CCC(C(=O)NCc4ccc(F)cc4)CC3)cc2NC1=O. The van der Waals surface area contributed by atoms with Crippen molar-refractivity contribution in [2.75, 3.05) is 18.4 Å². The van der Waals surface area contributed by atoms with Crippen LogP contribution in [0.2, 0.25) is 0 Å². The lowest BCUT2D eigenvalue weighted by Crippen LogP contribution is -2.42. The minimum atomic E-state index is -3.73. The van der Waals surface area contributed by atoms with Crippen molar-refractivity contribution in [3.05, 3.63) is 53.8 Å². The summed E-state index contributed by atoms with van der Waals surface area (Å²) in [5.74, 6) is -0.885. The molecule has 170 valence electrons. The summed E-state index contributed by atoms with van der Waals surface area (Å²) >= 11 is 1.40. The molecular weight excluding hydrogens is 453 g/mol. The van der Waals surface area contributed by atoms with Gasteiger partial charge in [-0.05, 0) is 55.7 Å². The van der Waals surface area contributed by atoms with Gasteiger partial charge in [-0.15, -0.1) is 11.8 Å². The molecule has 0 aromatic heterocycles. The van der Waals surface area contributed by atoms with E-state index >= 15 is 0 Å². The Morgan fingerprint density at radius 2 is 1.88 bits per heavy atom. The van der Waals surface area contributed by atoms with E-state index in [-0.39, 0.29) is 46.8 Å². The standard InChI is InChI=1S/C22H24FN3O4S2/c1-14-21(27)25-19-12-18(6-7-20(19)31-14)32(29,30)26-10-8-16(9-11-26)22(28)24-13-15-2-4-17(23)5-3-15/h2-7,12,14,16H,8-11,13H2,1H3,(H,24,28)(H,25,27)/t14-/m0/s1. The molecule has 2 amide bonds. The van der Waals surface area contributed by atoms with Crippen LogP contribution in [-0.4, -0.2) is 42.9 Å². The summed E-state index contributed by atoms with van der Waals surface area (Å²) in [7, 11) is -3.73. The van der Waals surface area contributed by atoms with Crippen molar-refractivity contribution in [3.8, 4) is 0 Å². The van der Waals surface area contributed by atoms with Gasteiger partial charge in [0.05, 0.1) is 15.8 Å². The van der Waals surface area contributed by atoms with E-state index in [0.717, 1.165) is 10.5 Å². The normalized spacial score (nSPS) is 19.8. The van der Waals surface area contributed by atoms with Crippen molar-refractivity contribution in [2.24, 2.45) is 5.92 Å². The third-order valence-corrected chi connectivity index (χ3v) is 8.80. The second-order valence-electron chi connectivity index (χ2n) is 7.93. The Balaban J connectivity index is 1.36. The second kappa shape index (κ2) is 9.21. The predicted molar refractivity (Wildman–Crippen MR) is 120 cm³/mol. The van der Waals surface area contributed by atoms with E-state index < -0.39 is 10.0 Å². The molecule has 2 aliphatic rings. The maximum absolute atomic E-state index is 13.1. The molecule has 2 heterocycles. The fourth-order valence-corrected chi connectivity index (χ4v) is 6.22. The summed E-state index contributed by atoms with van der Waals surface area (Å²) in [5, 5.41) is 5.38. The highest BCUT2D eigenvalue weighted by molar-refractivity contribution is 8.01. The number of anilines is 1. The van der Waals surface area contributed by atoms with Crippen LogP contribution in [0.15, 0.2) is 52.3 Å². The largest absolute Gasteiger partial charge is 0.352 e. The first kappa shape index (κ1) is 22.8. The van der Waals surface area contributed by atoms with Gasteiger partial charge in [0.25, 0.3) is 0 Å². The van der Waals surface area contributed by atoms with Gasteiger partial charge in [0.1, 0.15) is 5.82 Å². The van der Waals surface area contributed by atoms with Crippen LogP contribution in [-0.2, 0) is 26.2 Å². The molecular formula is C22H24FN3O4S2. The van der Waals surface area contributed by atoms with Gasteiger partial charge in [-0.2, -0.15) is 4.31 Å². The van der Waals surface area contributed by atoms with E-state index in [2.05, 4.69) is 10.6 Å². The zero-order chi connectivity index (χ0) is 22.9. The van der Waals surface area contributed by atoms with Gasteiger partial charge in [0, 0.05) is 30.4 Å². The van der Waals surface area contributed by atoms with Crippen molar-refractivity contribution in [1.82, 2.24) is 9.62 Å². The second-order valence-corrected chi connectivity index (χ2v) is 11.3. The number of carbonyl (C=O) groups excluding carboxylic acids is 2. The van der Waals surface area contributed by atoms with Gasteiger partial charge < -0.3 is 10.6 Å². The Hall–Kier alpha value is -2.43. The van der Waals surface area contributed by atoms with Crippen LogP contribution < -0.4 is 10.6 Å². The number of rotatable bonds is 5. The average molecular weight is 478 g/mol. The molecule has 1 fully saturated rings. The lowest BCUT2D eigenvalue weighted by molar-refractivity contribution is -0.126. The van der Waals surface area contributed by atoms with Crippen LogP contribution in [0.25, 0.3) is 0 Å². The Morgan fingerprint density at radius 1 is 1.19 bits per heavy atom. The third kappa shape index (κ3) is 4.82. The van der Waals surface area contributed by atoms with Crippen LogP contribution >= 0.6 is 11.8 Å². The molecule has 10 heteroatoms. The molecule has 2 N–H and O–H groups in total. The van der Waals surface area contributed by atoms with Gasteiger partial charge in [0.2, 0.25) is 21.8 Å². The number of carbonyl (C=O) groups is 2. The summed E-state index contributed by atoms with van der Waals surface area (Å²) in [6.45, 7) is 2.58. The zero-order valence-corrected chi connectivity index (χ0v) is 19.1. The molecule has 0 radical (unpaired) electrons. The monoisotopic (exact) mass is 477 g/mol. The number of hydrogen-bond acceptors (Lipinski definition) is 5. The van der Waals surface area contributed by atoms with E-state index in [1.165, 1.54) is 34.3 Å². The highest BCUT2D eigenvalue weighted by Gasteiger charge is 2.33. The number of fused-ring (bicyclic) bond motifs is 1. The summed E-state index contributed by atoms with van der Waals surface area (Å²) in [4.78, 5) is 25.4. The van der Waals surface area contributed by atoms with Crippen molar-refractivity contribution in [3.63, 3.8) is 0 Å². The van der Waals surface area contributed by atoms with E-state index in [9.17, 15) is 22.4 Å². The smallest absolute Gasteiger partial charge is 0.243 e. The molecule has 0 spiro atoms. The topological polar surface area (TPSA) is 95.6 Å². The first-order valence-corrected chi connectivity index (χ1v) is 12.7. The zero-order valence-electron chi connectivity index (χ0n) is 17.5. The number of nitrogens with zero attached hydrogens (tertiary/aromatic N) is 1. The third-order valence-electron chi connectivity index (χ3n) is 5.72. The number of halogens is 1. The summed E-state index contributed by atoms with van der Waals surface area (Å²) in [6.07, 6.45) is 0.840. The fourth-order valence-electron chi connectivity index (χ4n) is 3.79. The molecule has 2 aromatic carbocycles. The molecule has 0 aliphatic carbocycles. The molecule has 0 bridgehead atoms. The minimum absolute atomic E-state index is 0.130. The first-order valence-electron chi connectivity index (χ1n) is 10.4. The highest BCUT2D eigenvalue weighted by Crippen LogP contribution is 2.37. The molecule has 2 aromatic rings. The van der Waals surface area contributed by atoms with Crippen LogP contribution in [0.1, 0.15) is 25.3 Å². The predicted octanol–water partition coefficient (Wildman–Crippen LogP) is 2.98. The maximum atomic E-state index is 13.1. The van der Waals surface area contributed by atoms with Crippen LogP contribution in [0, 0.1) is 11.7 Å². The van der Waals surface area contributed by atoms with Crippen molar-refractivity contribution >= 4 is 39.3 Å². The molecule has 0 unspecified atom stereocenters. The number of amides is 2. The Kier molecular flexibility index (Phi) is 6.55. The van der Waals surface area contributed by atoms with Gasteiger partial charge in [-0.1, -0.05) is 12.1 Å². The number of nitrogens with one attached hydrogen (secondary N) is 2. The Bertz CT molecular complexity index is 1130. The summed E-state index contributed by atoms with van der Waals surface area (Å²) < 4.78 is 40.6. The van der Waals surface area contributed by atoms with Gasteiger partial charge >= 0.3 is 0 Å². The summed E-state index contributed by atoms with van der Waals surface area (Å²) in [6, 6.07) is 10.7. The van der Waals surface area contributed by atoms with E-state index in [4.69, 9.17) is 0 Å². The van der Waals surface area contributed by atoms with E-state index in [0.29, 0.717) is 25.1 Å². The molecule has 4 rings (SSSR count). The quantitative estimate of drug-likeness (QED) is 0.690. The lowest BCUT2D eigenvalue weighted by Gasteiger charge is -2.31. The van der Waals surface area contributed by atoms with Gasteiger partial charge in [-0.25, -0.2) is 12.8 Å². The Morgan fingerprint density at radius 3 is 2.56 bits per heavy atom. The highest BCUT2D eigenvalue weighted by atomic mass is 32.2. The van der Waals surface area contributed by atoms with E-state index in [1.807, 2.05) is 0 Å². The number of thioether (sulfide) groups is 1. The number of piperidine rings is 1. The first-order chi connectivity index (χ1) is 15.2. The Labute approximate surface area is 190 Å². The lowest BCUT2D eigenvalue weighted by atomic mass is 9.97. The molecule has 1 saturated heterocycles. The van der Waals surface area contributed by atoms with Crippen LogP contribution in [0.3, 0.4) is 0 Å². The minimum Gasteiger partial charge on any atom is -0.352 e. The van der Waals surface area contributed by atoms with Gasteiger partial charge in [-0.3, -0.25) is 9.59 Å². The van der Waals surface area contributed by atoms with Crippen molar-refractivity contribution in [2.45, 2.75) is 41.4 Å². The molecule has 32 heavy (non-hydrogen) atoms. The van der Waals surface area contributed by atoms with Crippen molar-refractivity contribution < 1.29 is 22.4 Å². The van der Waals surface area contributed by atoms with Crippen LogP contribution in [0.4, 0.5) is 10.1 Å². The summed E-state index contributed by atoms with van der Waals surface area (Å²) in [5.41, 5.74) is 1.31. The fraction of sp³-hybridized carbons (Fsp3) is 0.364. The number of sulfonamides is 1. The molecule has 1 atom stereocenters. The van der Waals surface area contributed by atoms with Gasteiger partial charge in [0.15, 0.2) is 0 Å². The average Bonchev–Trinajstić information content (AvgIpc) is 2.79. The van der Waals surface area contributed by atoms with Crippen LogP contribution in [0.5, 0.6) is 0 Å². The molecule has 0 saturated carbocycles. The number of benzene rings is 2. The van der Waals surface area contributed by atoms with Crippen molar-refractivity contribution in [1.29, 1.82) is 0 Å². The molecule has 2 aliphatic heterocycles. The maximum Gasteiger partial charge on any atom is 0.243 e.